The van der Waals surface area contributed by atoms with Crippen molar-refractivity contribution in [1.29, 1.82) is 5.26 Å². The molecule has 0 unspecified atom stereocenters. The Balaban J connectivity index is 2.62. The van der Waals surface area contributed by atoms with E-state index in [4.69, 9.17) is 5.26 Å². The smallest absolute Gasteiger partial charge is 0.133 e. The highest BCUT2D eigenvalue weighted by Gasteiger charge is 2.59. The van der Waals surface area contributed by atoms with Gasteiger partial charge in [-0.1, -0.05) is 13.8 Å². The van der Waals surface area contributed by atoms with Crippen LogP contribution in [0.15, 0.2) is 0 Å². The Bertz CT molecular complexity index is 224. The molecule has 0 aromatic carbocycles. The molecule has 0 heterocycles. The van der Waals surface area contributed by atoms with Gasteiger partial charge in [0.2, 0.25) is 0 Å². The van der Waals surface area contributed by atoms with E-state index in [-0.39, 0.29) is 17.1 Å². The molecule has 0 bridgehead atoms. The van der Waals surface area contributed by atoms with Gasteiger partial charge in [-0.25, -0.2) is 0 Å². The Morgan fingerprint density at radius 2 is 2.18 bits per heavy atom. The monoisotopic (exact) mass is 151 g/mol. The van der Waals surface area contributed by atoms with Crippen molar-refractivity contribution < 1.29 is 4.79 Å². The first kappa shape index (κ1) is 8.26. The van der Waals surface area contributed by atoms with Crippen LogP contribution in [-0.2, 0) is 4.79 Å². The zero-order valence-electron chi connectivity index (χ0n) is 7.22. The van der Waals surface area contributed by atoms with Crippen molar-refractivity contribution in [3.8, 4) is 6.07 Å². The van der Waals surface area contributed by atoms with Crippen LogP contribution in [0.4, 0.5) is 0 Å². The summed E-state index contributed by atoms with van der Waals surface area (Å²) in [6, 6.07) is 2.12. The maximum absolute atomic E-state index is 11.0. The summed E-state index contributed by atoms with van der Waals surface area (Å²) in [4.78, 5) is 11.0. The van der Waals surface area contributed by atoms with Gasteiger partial charge in [-0.05, 0) is 18.3 Å². The summed E-state index contributed by atoms with van der Waals surface area (Å²) in [5.41, 5.74) is 0.0849. The lowest BCUT2D eigenvalue weighted by Crippen LogP contribution is -1.99. The molecule has 0 N–H and O–H groups in total. The number of nitrogens with zero attached hydrogens (tertiary/aromatic N) is 1. The van der Waals surface area contributed by atoms with E-state index in [2.05, 4.69) is 19.9 Å². The van der Waals surface area contributed by atoms with Crippen molar-refractivity contribution in [2.75, 3.05) is 0 Å². The minimum absolute atomic E-state index is 0.0849. The lowest BCUT2D eigenvalue weighted by atomic mass is 10.1. The Morgan fingerprint density at radius 1 is 1.64 bits per heavy atom. The molecule has 1 fully saturated rings. The number of carbonyl (C=O) groups excluding carboxylic acids is 1. The molecule has 1 rings (SSSR count). The molecule has 0 amide bonds. The quantitative estimate of drug-likeness (QED) is 0.603. The molecule has 2 atom stereocenters. The third-order valence-corrected chi connectivity index (χ3v) is 2.80. The number of hydrogen-bond donors (Lipinski definition) is 0. The predicted octanol–water partition coefficient (Wildman–Crippen LogP) is 1.76. The fraction of sp³-hybridized carbons (Fsp3) is 0.778. The van der Waals surface area contributed by atoms with E-state index in [1.165, 1.54) is 0 Å². The maximum atomic E-state index is 11.0. The van der Waals surface area contributed by atoms with E-state index in [0.29, 0.717) is 12.3 Å². The molecule has 11 heavy (non-hydrogen) atoms. The minimum atomic E-state index is 0.0849. The van der Waals surface area contributed by atoms with Crippen LogP contribution in [0, 0.1) is 28.6 Å². The molecule has 60 valence electrons. The standard InChI is InChI=1S/C9H13NO/c1-6(11)8-7(4-5-10)9(8,2)3/h7-8H,4H2,1-3H3/t7-,8+/m1/s1. The molecule has 1 aliphatic rings. The van der Waals surface area contributed by atoms with E-state index in [1.54, 1.807) is 6.92 Å². The van der Waals surface area contributed by atoms with Gasteiger partial charge < -0.3 is 0 Å². The zero-order chi connectivity index (χ0) is 8.65. The lowest BCUT2D eigenvalue weighted by molar-refractivity contribution is -0.119. The van der Waals surface area contributed by atoms with Crippen LogP contribution in [0.3, 0.4) is 0 Å². The van der Waals surface area contributed by atoms with Crippen LogP contribution in [0.5, 0.6) is 0 Å². The van der Waals surface area contributed by atoms with Gasteiger partial charge in [0.15, 0.2) is 0 Å². The van der Waals surface area contributed by atoms with E-state index in [1.807, 2.05) is 0 Å². The second-order valence-corrected chi connectivity index (χ2v) is 3.88. The van der Waals surface area contributed by atoms with Crippen LogP contribution in [0.2, 0.25) is 0 Å². The summed E-state index contributed by atoms with van der Waals surface area (Å²) in [5.74, 6) is 0.683. The summed E-state index contributed by atoms with van der Waals surface area (Å²) in [5, 5.41) is 8.45. The molecule has 0 aromatic heterocycles. The topological polar surface area (TPSA) is 40.9 Å². The van der Waals surface area contributed by atoms with Gasteiger partial charge in [0.25, 0.3) is 0 Å². The van der Waals surface area contributed by atoms with Gasteiger partial charge in [0.1, 0.15) is 5.78 Å². The molecule has 0 spiro atoms. The van der Waals surface area contributed by atoms with Crippen molar-refractivity contribution in [2.45, 2.75) is 27.2 Å². The van der Waals surface area contributed by atoms with Gasteiger partial charge in [-0.2, -0.15) is 5.26 Å². The van der Waals surface area contributed by atoms with Crippen LogP contribution in [-0.4, -0.2) is 5.78 Å². The zero-order valence-corrected chi connectivity index (χ0v) is 7.22. The number of rotatable bonds is 2. The molecule has 0 aromatic rings. The first-order valence-electron chi connectivity index (χ1n) is 3.89. The molecule has 0 saturated heterocycles. The summed E-state index contributed by atoms with van der Waals surface area (Å²) in [6.45, 7) is 5.73. The molecule has 1 saturated carbocycles. The van der Waals surface area contributed by atoms with Gasteiger partial charge in [-0.3, -0.25) is 4.79 Å². The maximum Gasteiger partial charge on any atom is 0.133 e. The largest absolute Gasteiger partial charge is 0.300 e. The van der Waals surface area contributed by atoms with E-state index >= 15 is 0 Å². The Hall–Kier alpha value is -0.840. The highest BCUT2D eigenvalue weighted by Crippen LogP contribution is 2.60. The fourth-order valence-corrected chi connectivity index (χ4v) is 2.03. The Morgan fingerprint density at radius 3 is 2.45 bits per heavy atom. The molecule has 2 nitrogen and oxygen atoms in total. The first-order chi connectivity index (χ1) is 5.01. The molecular weight excluding hydrogens is 138 g/mol. The lowest BCUT2D eigenvalue weighted by Gasteiger charge is -1.96. The predicted molar refractivity (Wildman–Crippen MR) is 41.7 cm³/mol. The van der Waals surface area contributed by atoms with Gasteiger partial charge in [0, 0.05) is 12.3 Å². The Labute approximate surface area is 67.2 Å². The van der Waals surface area contributed by atoms with Crippen molar-refractivity contribution >= 4 is 5.78 Å². The first-order valence-corrected chi connectivity index (χ1v) is 3.89. The summed E-state index contributed by atoms with van der Waals surface area (Å²) in [6.07, 6.45) is 0.525. The minimum Gasteiger partial charge on any atom is -0.300 e. The third kappa shape index (κ3) is 1.16. The number of hydrogen-bond acceptors (Lipinski definition) is 2. The summed E-state index contributed by atoms with van der Waals surface area (Å²) in [7, 11) is 0. The highest BCUT2D eigenvalue weighted by atomic mass is 16.1. The third-order valence-electron chi connectivity index (χ3n) is 2.80. The second-order valence-electron chi connectivity index (χ2n) is 3.88. The van der Waals surface area contributed by atoms with E-state index in [9.17, 15) is 4.79 Å². The van der Waals surface area contributed by atoms with Gasteiger partial charge >= 0.3 is 0 Å². The average Bonchev–Trinajstić information content (AvgIpc) is 2.35. The Kier molecular flexibility index (Phi) is 1.75. The molecule has 0 radical (unpaired) electrons. The van der Waals surface area contributed by atoms with Crippen LogP contribution < -0.4 is 0 Å². The van der Waals surface area contributed by atoms with Crippen LogP contribution in [0.25, 0.3) is 0 Å². The van der Waals surface area contributed by atoms with Crippen LogP contribution in [0.1, 0.15) is 27.2 Å². The SMILES string of the molecule is CC(=O)[C@H]1[C@@H](CC#N)C1(C)C. The average molecular weight is 151 g/mol. The van der Waals surface area contributed by atoms with Crippen molar-refractivity contribution in [3.63, 3.8) is 0 Å². The molecule has 0 aliphatic heterocycles. The number of nitriles is 1. The van der Waals surface area contributed by atoms with Gasteiger partial charge in [-0.15, -0.1) is 0 Å². The van der Waals surface area contributed by atoms with Crippen LogP contribution >= 0.6 is 0 Å². The van der Waals surface area contributed by atoms with Crippen molar-refractivity contribution in [3.05, 3.63) is 0 Å². The summed E-state index contributed by atoms with van der Waals surface area (Å²) < 4.78 is 0. The van der Waals surface area contributed by atoms with E-state index in [0.717, 1.165) is 0 Å². The van der Waals surface area contributed by atoms with Gasteiger partial charge in [0.05, 0.1) is 6.07 Å². The molecule has 1 aliphatic carbocycles. The molecular formula is C9H13NO. The number of Topliss-reactive ketones (excluding diaryl/α,β-unsaturated/α-hetero) is 1. The summed E-state index contributed by atoms with van der Waals surface area (Å²) >= 11 is 0. The normalized spacial score (nSPS) is 32.5. The highest BCUT2D eigenvalue weighted by molar-refractivity contribution is 5.82. The number of ketones is 1. The molecule has 2 heteroatoms. The van der Waals surface area contributed by atoms with Crippen molar-refractivity contribution in [2.24, 2.45) is 17.3 Å². The fourth-order valence-electron chi connectivity index (χ4n) is 2.03. The second kappa shape index (κ2) is 2.34. The van der Waals surface area contributed by atoms with E-state index < -0.39 is 0 Å². The van der Waals surface area contributed by atoms with Crippen molar-refractivity contribution in [1.82, 2.24) is 0 Å². The number of carbonyl (C=O) groups is 1.